The van der Waals surface area contributed by atoms with Crippen LogP contribution in [0.5, 0.6) is 5.88 Å². The van der Waals surface area contributed by atoms with Gasteiger partial charge in [0.15, 0.2) is 0 Å². The molecule has 0 bridgehead atoms. The third kappa shape index (κ3) is 5.89. The fraction of sp³-hybridized carbons (Fsp3) is 0.500. The number of ether oxygens (including phenoxy) is 2. The lowest BCUT2D eigenvalue weighted by Crippen LogP contribution is -2.48. The minimum absolute atomic E-state index is 0.0628. The van der Waals surface area contributed by atoms with Gasteiger partial charge in [-0.15, -0.1) is 11.3 Å². The zero-order chi connectivity index (χ0) is 27.4. The van der Waals surface area contributed by atoms with Gasteiger partial charge in [0.1, 0.15) is 12.1 Å². The molecule has 3 aromatic rings. The second kappa shape index (κ2) is 12.3. The van der Waals surface area contributed by atoms with E-state index in [4.69, 9.17) is 24.7 Å². The molecule has 0 radical (unpaired) electrons. The van der Waals surface area contributed by atoms with Gasteiger partial charge in [-0.3, -0.25) is 9.69 Å². The van der Waals surface area contributed by atoms with E-state index in [9.17, 15) is 4.79 Å². The van der Waals surface area contributed by atoms with Crippen molar-refractivity contribution in [2.75, 3.05) is 75.5 Å². The molecule has 39 heavy (non-hydrogen) atoms. The number of hydrogen-bond donors (Lipinski definition) is 1. The monoisotopic (exact) mass is 568 g/mol. The minimum Gasteiger partial charge on any atom is -0.480 e. The predicted octanol–water partition coefficient (Wildman–Crippen LogP) is 3.15. The van der Waals surface area contributed by atoms with E-state index in [0.717, 1.165) is 59.9 Å². The lowest BCUT2D eigenvalue weighted by molar-refractivity contribution is -0.131. The molecule has 0 unspecified atom stereocenters. The second-order valence-corrected chi connectivity index (χ2v) is 11.2. The number of methoxy groups -OCH3 is 1. The SMILES string of the molecule is COc1ncc(-c2nc(N3CCOCC3)nc3c(CN4CCN(C(=O)CC#N)CC4)c(C)sc23)cc1NSC. The summed E-state index contributed by atoms with van der Waals surface area (Å²) in [5.41, 5.74) is 4.69. The number of nitriles is 1. The summed E-state index contributed by atoms with van der Waals surface area (Å²) in [4.78, 5) is 34.4. The van der Waals surface area contributed by atoms with Crippen LogP contribution in [0.3, 0.4) is 0 Å². The van der Waals surface area contributed by atoms with Crippen molar-refractivity contribution in [3.63, 3.8) is 0 Å². The van der Waals surface area contributed by atoms with Crippen LogP contribution in [0, 0.1) is 18.3 Å². The first-order valence-corrected chi connectivity index (χ1v) is 14.9. The van der Waals surface area contributed by atoms with Crippen LogP contribution in [0.2, 0.25) is 0 Å². The first kappa shape index (κ1) is 27.4. The number of carbonyl (C=O) groups excluding carboxylic acids is 1. The van der Waals surface area contributed by atoms with Gasteiger partial charge in [0.05, 0.1) is 42.3 Å². The maximum Gasteiger partial charge on any atom is 0.237 e. The lowest BCUT2D eigenvalue weighted by Gasteiger charge is -2.34. The Balaban J connectivity index is 1.52. The second-order valence-electron chi connectivity index (χ2n) is 9.37. The smallest absolute Gasteiger partial charge is 0.237 e. The zero-order valence-corrected chi connectivity index (χ0v) is 24.0. The Morgan fingerprint density at radius 2 is 2.00 bits per heavy atom. The van der Waals surface area contributed by atoms with Gasteiger partial charge < -0.3 is 24.0 Å². The molecule has 0 aromatic carbocycles. The van der Waals surface area contributed by atoms with E-state index in [1.165, 1.54) is 22.4 Å². The molecule has 5 rings (SSSR count). The topological polar surface area (TPSA) is 120 Å². The number of nitrogens with zero attached hydrogens (tertiary/aromatic N) is 7. The van der Waals surface area contributed by atoms with Crippen LogP contribution in [-0.2, 0) is 16.1 Å². The number of thiophene rings is 1. The fourth-order valence-electron chi connectivity index (χ4n) is 4.89. The molecule has 2 aliphatic rings. The molecule has 0 atom stereocenters. The van der Waals surface area contributed by atoms with Gasteiger partial charge in [0.25, 0.3) is 0 Å². The van der Waals surface area contributed by atoms with Crippen LogP contribution in [0.4, 0.5) is 11.6 Å². The van der Waals surface area contributed by atoms with Crippen molar-refractivity contribution in [2.24, 2.45) is 0 Å². The van der Waals surface area contributed by atoms with Crippen LogP contribution >= 0.6 is 23.3 Å². The summed E-state index contributed by atoms with van der Waals surface area (Å²) in [7, 11) is 1.61. The number of morpholine rings is 1. The van der Waals surface area contributed by atoms with Crippen LogP contribution in [-0.4, -0.2) is 96.5 Å². The number of pyridine rings is 1. The van der Waals surface area contributed by atoms with Crippen molar-refractivity contribution in [1.29, 1.82) is 5.26 Å². The third-order valence-corrected chi connectivity index (χ3v) is 8.55. The van der Waals surface area contributed by atoms with Crippen molar-refractivity contribution in [1.82, 2.24) is 24.8 Å². The molecule has 5 heterocycles. The molecule has 0 aliphatic carbocycles. The van der Waals surface area contributed by atoms with E-state index < -0.39 is 0 Å². The van der Waals surface area contributed by atoms with Crippen LogP contribution < -0.4 is 14.4 Å². The average molecular weight is 569 g/mol. The van der Waals surface area contributed by atoms with Crippen LogP contribution in [0.15, 0.2) is 12.3 Å². The third-order valence-electron chi connectivity index (χ3n) is 6.98. The number of rotatable bonds is 8. The molecule has 2 aliphatic heterocycles. The molecule has 2 saturated heterocycles. The van der Waals surface area contributed by atoms with Crippen LogP contribution in [0.1, 0.15) is 16.9 Å². The summed E-state index contributed by atoms with van der Waals surface area (Å²) in [6.07, 6.45) is 3.70. The van der Waals surface area contributed by atoms with Crippen molar-refractivity contribution in [3.05, 3.63) is 22.7 Å². The Labute approximate surface area is 236 Å². The molecule has 0 saturated carbocycles. The van der Waals surface area contributed by atoms with Crippen molar-refractivity contribution < 1.29 is 14.3 Å². The molecular formula is C26H32N8O3S2. The van der Waals surface area contributed by atoms with Gasteiger partial charge in [-0.1, -0.05) is 11.9 Å². The molecule has 13 heteroatoms. The number of aryl methyl sites for hydroxylation is 1. The number of nitrogens with one attached hydrogen (secondary N) is 1. The molecule has 1 N–H and O–H groups in total. The van der Waals surface area contributed by atoms with Gasteiger partial charge in [-0.05, 0) is 13.0 Å². The Morgan fingerprint density at radius 1 is 1.23 bits per heavy atom. The highest BCUT2D eigenvalue weighted by Gasteiger charge is 2.26. The van der Waals surface area contributed by atoms with Gasteiger partial charge in [0, 0.05) is 74.3 Å². The Kier molecular flexibility index (Phi) is 8.66. The lowest BCUT2D eigenvalue weighted by atomic mass is 10.1. The highest BCUT2D eigenvalue weighted by Crippen LogP contribution is 2.39. The van der Waals surface area contributed by atoms with Crippen LogP contribution in [0.25, 0.3) is 21.5 Å². The number of carbonyl (C=O) groups is 1. The maximum atomic E-state index is 12.2. The highest BCUT2D eigenvalue weighted by molar-refractivity contribution is 7.99. The molecular weight excluding hydrogens is 536 g/mol. The Bertz CT molecular complexity index is 1380. The predicted molar refractivity (Wildman–Crippen MR) is 154 cm³/mol. The summed E-state index contributed by atoms with van der Waals surface area (Å²) in [5.74, 6) is 1.13. The Morgan fingerprint density at radius 3 is 2.69 bits per heavy atom. The number of fused-ring (bicyclic) bond motifs is 1. The quantitative estimate of drug-likeness (QED) is 0.404. The summed E-state index contributed by atoms with van der Waals surface area (Å²) < 4.78 is 15.3. The minimum atomic E-state index is -0.0923. The molecule has 3 aromatic heterocycles. The maximum absolute atomic E-state index is 12.2. The van der Waals surface area contributed by atoms with E-state index in [-0.39, 0.29) is 12.3 Å². The molecule has 206 valence electrons. The van der Waals surface area contributed by atoms with Gasteiger partial charge in [-0.2, -0.15) is 5.26 Å². The van der Waals surface area contributed by atoms with E-state index in [0.29, 0.717) is 38.1 Å². The summed E-state index contributed by atoms with van der Waals surface area (Å²) >= 11 is 3.19. The fourth-order valence-corrected chi connectivity index (χ4v) is 6.38. The van der Waals surface area contributed by atoms with Gasteiger partial charge >= 0.3 is 0 Å². The normalized spacial score (nSPS) is 16.4. The van der Waals surface area contributed by atoms with Gasteiger partial charge in [0.2, 0.25) is 17.7 Å². The Hall–Kier alpha value is -3.18. The van der Waals surface area contributed by atoms with E-state index in [1.54, 1.807) is 29.5 Å². The molecule has 0 spiro atoms. The standard InChI is InChI=1S/C26H32N8O3S2/c1-17-19(16-32-6-8-33(9-7-32)21(35)4-5-27)23-24(39-17)22(29-26(30-23)34-10-12-37-13-11-34)18-14-20(31-38-3)25(36-2)28-15-18/h14-15,31H,4,6-13,16H2,1-3H3. The number of hydrogen-bond acceptors (Lipinski definition) is 12. The number of aromatic nitrogens is 3. The average Bonchev–Trinajstić information content (AvgIpc) is 3.28. The zero-order valence-electron chi connectivity index (χ0n) is 22.4. The summed E-state index contributed by atoms with van der Waals surface area (Å²) in [6, 6.07) is 3.99. The first-order valence-electron chi connectivity index (χ1n) is 12.9. The molecule has 11 nitrogen and oxygen atoms in total. The van der Waals surface area contributed by atoms with Crippen molar-refractivity contribution in [2.45, 2.75) is 19.9 Å². The largest absolute Gasteiger partial charge is 0.480 e. The summed E-state index contributed by atoms with van der Waals surface area (Å²) in [5, 5.41) is 8.87. The van der Waals surface area contributed by atoms with E-state index in [1.807, 2.05) is 18.4 Å². The molecule has 1 amide bonds. The first-order chi connectivity index (χ1) is 19.0. The highest BCUT2D eigenvalue weighted by atomic mass is 32.2. The number of amides is 1. The van der Waals surface area contributed by atoms with E-state index in [2.05, 4.69) is 26.4 Å². The summed E-state index contributed by atoms with van der Waals surface area (Å²) in [6.45, 7) is 8.42. The van der Waals surface area contributed by atoms with Crippen molar-refractivity contribution in [3.8, 4) is 23.2 Å². The number of anilines is 2. The van der Waals surface area contributed by atoms with Gasteiger partial charge in [-0.25, -0.2) is 15.0 Å². The number of piperazine rings is 1. The van der Waals surface area contributed by atoms with E-state index >= 15 is 0 Å². The molecule has 2 fully saturated rings. The van der Waals surface area contributed by atoms with Crippen molar-refractivity contribution >= 4 is 51.0 Å².